The van der Waals surface area contributed by atoms with Gasteiger partial charge in [0.1, 0.15) is 12.1 Å². The van der Waals surface area contributed by atoms with Crippen LogP contribution in [0.4, 0.5) is 5.82 Å². The van der Waals surface area contributed by atoms with Gasteiger partial charge in [-0.2, -0.15) is 5.10 Å². The number of methoxy groups -OCH3 is 1. The molecular formula is C16H22N6O2. The van der Waals surface area contributed by atoms with Gasteiger partial charge in [-0.15, -0.1) is 0 Å². The van der Waals surface area contributed by atoms with E-state index in [1.165, 1.54) is 6.33 Å². The van der Waals surface area contributed by atoms with Crippen LogP contribution in [0.15, 0.2) is 30.9 Å². The molecule has 0 aliphatic carbocycles. The molecule has 0 unspecified atom stereocenters. The molecule has 0 saturated carbocycles. The minimum atomic E-state index is -0.0119. The molecule has 8 nitrogen and oxygen atoms in total. The van der Waals surface area contributed by atoms with Gasteiger partial charge in [0, 0.05) is 45.3 Å². The van der Waals surface area contributed by atoms with Gasteiger partial charge in [0.25, 0.3) is 0 Å². The highest BCUT2D eigenvalue weighted by atomic mass is 16.5. The van der Waals surface area contributed by atoms with Crippen LogP contribution in [-0.4, -0.2) is 58.0 Å². The lowest BCUT2D eigenvalue weighted by molar-refractivity contribution is -0.120. The zero-order valence-corrected chi connectivity index (χ0v) is 13.9. The Morgan fingerprint density at radius 1 is 1.42 bits per heavy atom. The molecular weight excluding hydrogens is 308 g/mol. The summed E-state index contributed by atoms with van der Waals surface area (Å²) in [6, 6.07) is 3.88. The first-order valence-corrected chi connectivity index (χ1v) is 7.96. The minimum absolute atomic E-state index is 0.0119. The Kier molecular flexibility index (Phi) is 5.05. The minimum Gasteiger partial charge on any atom is -0.380 e. The second kappa shape index (κ2) is 7.39. The normalized spacial score (nSPS) is 20.3. The summed E-state index contributed by atoms with van der Waals surface area (Å²) in [5.41, 5.74) is 0.890. The average Bonchev–Trinajstić information content (AvgIpc) is 3.20. The monoisotopic (exact) mass is 330 g/mol. The van der Waals surface area contributed by atoms with Crippen LogP contribution in [0, 0.1) is 0 Å². The van der Waals surface area contributed by atoms with Gasteiger partial charge in [-0.25, -0.2) is 9.97 Å². The van der Waals surface area contributed by atoms with E-state index in [0.29, 0.717) is 13.0 Å². The molecule has 1 amide bonds. The van der Waals surface area contributed by atoms with Crippen molar-refractivity contribution in [2.75, 3.05) is 25.1 Å². The first-order chi connectivity index (χ1) is 11.7. The fourth-order valence-corrected chi connectivity index (χ4v) is 3.01. The Bertz CT molecular complexity index is 674. The lowest BCUT2D eigenvalue weighted by Crippen LogP contribution is -2.41. The average molecular weight is 330 g/mol. The van der Waals surface area contributed by atoms with Crippen LogP contribution >= 0.6 is 0 Å². The summed E-state index contributed by atoms with van der Waals surface area (Å²) in [6.45, 7) is 1.32. The maximum absolute atomic E-state index is 12.2. The number of nitrogens with one attached hydrogen (secondary N) is 1. The van der Waals surface area contributed by atoms with Gasteiger partial charge in [0.05, 0.1) is 18.6 Å². The van der Waals surface area contributed by atoms with Gasteiger partial charge in [0.2, 0.25) is 5.91 Å². The zero-order valence-electron chi connectivity index (χ0n) is 13.9. The molecule has 2 atom stereocenters. The Labute approximate surface area is 140 Å². The van der Waals surface area contributed by atoms with E-state index in [1.807, 2.05) is 19.2 Å². The Morgan fingerprint density at radius 2 is 2.29 bits per heavy atom. The van der Waals surface area contributed by atoms with Crippen LogP contribution in [0.2, 0.25) is 0 Å². The van der Waals surface area contributed by atoms with Gasteiger partial charge in [-0.3, -0.25) is 9.48 Å². The number of hydrogen-bond donors (Lipinski definition) is 1. The largest absolute Gasteiger partial charge is 0.380 e. The van der Waals surface area contributed by atoms with Crippen molar-refractivity contribution in [3.63, 3.8) is 0 Å². The summed E-state index contributed by atoms with van der Waals surface area (Å²) in [7, 11) is 3.55. The number of nitrogens with zero attached hydrogens (tertiary/aromatic N) is 5. The van der Waals surface area contributed by atoms with Crippen molar-refractivity contribution in [3.05, 3.63) is 36.5 Å². The lowest BCUT2D eigenvalue weighted by atomic mass is 10.2. The molecule has 2 aromatic rings. The second-order valence-corrected chi connectivity index (χ2v) is 5.89. The van der Waals surface area contributed by atoms with E-state index in [0.717, 1.165) is 24.5 Å². The molecule has 0 bridgehead atoms. The SMILES string of the molecule is CO[C@@H]1C[C@H](CNC(=O)Cc2ccnn2C)N(c2ccncn2)C1. The number of aryl methyl sites for hydroxylation is 1. The number of amides is 1. The number of rotatable bonds is 6. The van der Waals surface area contributed by atoms with Crippen molar-refractivity contribution < 1.29 is 9.53 Å². The van der Waals surface area contributed by atoms with Crippen molar-refractivity contribution in [1.29, 1.82) is 0 Å². The van der Waals surface area contributed by atoms with E-state index in [-0.39, 0.29) is 18.1 Å². The molecule has 0 radical (unpaired) electrons. The lowest BCUT2D eigenvalue weighted by Gasteiger charge is -2.25. The van der Waals surface area contributed by atoms with Crippen LogP contribution in [-0.2, 0) is 23.0 Å². The highest BCUT2D eigenvalue weighted by molar-refractivity contribution is 5.78. The van der Waals surface area contributed by atoms with Crippen LogP contribution in [0.5, 0.6) is 0 Å². The van der Waals surface area contributed by atoms with E-state index in [9.17, 15) is 4.79 Å². The third kappa shape index (κ3) is 3.70. The van der Waals surface area contributed by atoms with Gasteiger partial charge in [0.15, 0.2) is 0 Å². The van der Waals surface area contributed by atoms with Crippen LogP contribution < -0.4 is 10.2 Å². The third-order valence-electron chi connectivity index (χ3n) is 4.37. The van der Waals surface area contributed by atoms with E-state index >= 15 is 0 Å². The summed E-state index contributed by atoms with van der Waals surface area (Å²) >= 11 is 0. The summed E-state index contributed by atoms with van der Waals surface area (Å²) < 4.78 is 7.20. The number of carbonyl (C=O) groups excluding carboxylic acids is 1. The smallest absolute Gasteiger partial charge is 0.226 e. The number of hydrogen-bond acceptors (Lipinski definition) is 6. The number of aromatic nitrogens is 4. The maximum atomic E-state index is 12.2. The van der Waals surface area contributed by atoms with Crippen molar-refractivity contribution in [1.82, 2.24) is 25.1 Å². The molecule has 1 fully saturated rings. The van der Waals surface area contributed by atoms with Crippen LogP contribution in [0.3, 0.4) is 0 Å². The number of carbonyl (C=O) groups is 1. The van der Waals surface area contributed by atoms with Crippen molar-refractivity contribution in [2.45, 2.75) is 25.0 Å². The van der Waals surface area contributed by atoms with E-state index < -0.39 is 0 Å². The van der Waals surface area contributed by atoms with Gasteiger partial charge >= 0.3 is 0 Å². The third-order valence-corrected chi connectivity index (χ3v) is 4.37. The summed E-state index contributed by atoms with van der Waals surface area (Å²) in [6.07, 6.45) is 6.27. The molecule has 1 saturated heterocycles. The standard InChI is InChI=1S/C16H22N6O2/c1-21-12(3-6-20-21)8-16(23)18-9-13-7-14(24-2)10-22(13)15-4-5-17-11-19-15/h3-6,11,13-14H,7-10H2,1-2H3,(H,18,23)/t13-,14-/m1/s1. The fourth-order valence-electron chi connectivity index (χ4n) is 3.01. The van der Waals surface area contributed by atoms with Crippen molar-refractivity contribution in [3.8, 4) is 0 Å². The predicted octanol–water partition coefficient (Wildman–Crippen LogP) is 0.163. The maximum Gasteiger partial charge on any atom is 0.226 e. The highest BCUT2D eigenvalue weighted by Crippen LogP contribution is 2.24. The zero-order chi connectivity index (χ0) is 16.9. The number of anilines is 1. The first kappa shape index (κ1) is 16.4. The summed E-state index contributed by atoms with van der Waals surface area (Å²) in [5.74, 6) is 0.845. The van der Waals surface area contributed by atoms with Gasteiger partial charge in [-0.05, 0) is 18.6 Å². The summed E-state index contributed by atoms with van der Waals surface area (Å²) in [4.78, 5) is 22.6. The molecule has 0 spiro atoms. The topological polar surface area (TPSA) is 85.2 Å². The predicted molar refractivity (Wildman–Crippen MR) is 88.5 cm³/mol. The molecule has 3 heterocycles. The molecule has 8 heteroatoms. The Morgan fingerprint density at radius 3 is 2.96 bits per heavy atom. The molecule has 1 N–H and O–H groups in total. The molecule has 2 aromatic heterocycles. The Hall–Kier alpha value is -2.48. The first-order valence-electron chi connectivity index (χ1n) is 7.96. The van der Waals surface area contributed by atoms with E-state index in [1.54, 1.807) is 24.2 Å². The molecule has 1 aliphatic heterocycles. The van der Waals surface area contributed by atoms with E-state index in [4.69, 9.17) is 4.74 Å². The van der Waals surface area contributed by atoms with Crippen molar-refractivity contribution in [2.24, 2.45) is 7.05 Å². The number of ether oxygens (including phenoxy) is 1. The fraction of sp³-hybridized carbons (Fsp3) is 0.500. The van der Waals surface area contributed by atoms with E-state index in [2.05, 4.69) is 25.3 Å². The molecule has 1 aliphatic rings. The van der Waals surface area contributed by atoms with Gasteiger partial charge < -0.3 is 15.0 Å². The van der Waals surface area contributed by atoms with Gasteiger partial charge in [-0.1, -0.05) is 0 Å². The molecule has 3 rings (SSSR count). The second-order valence-electron chi connectivity index (χ2n) is 5.89. The molecule has 24 heavy (non-hydrogen) atoms. The highest BCUT2D eigenvalue weighted by Gasteiger charge is 2.33. The Balaban J connectivity index is 1.60. The van der Waals surface area contributed by atoms with Crippen LogP contribution in [0.25, 0.3) is 0 Å². The molecule has 0 aromatic carbocycles. The summed E-state index contributed by atoms with van der Waals surface area (Å²) in [5, 5.41) is 7.09. The quantitative estimate of drug-likeness (QED) is 0.812. The molecule has 128 valence electrons. The van der Waals surface area contributed by atoms with Crippen LogP contribution in [0.1, 0.15) is 12.1 Å². The van der Waals surface area contributed by atoms with Crippen molar-refractivity contribution >= 4 is 11.7 Å².